The number of benzene rings is 1. The number of aliphatic hydroxyl groups is 1. The Hall–Kier alpha value is -2.24. The van der Waals surface area contributed by atoms with Crippen LogP contribution in [0.25, 0.3) is 6.08 Å². The summed E-state index contributed by atoms with van der Waals surface area (Å²) in [7, 11) is 0. The van der Waals surface area contributed by atoms with Gasteiger partial charge in [-0.25, -0.2) is 9.97 Å². The van der Waals surface area contributed by atoms with Gasteiger partial charge in [-0.2, -0.15) is 0 Å². The maximum absolute atomic E-state index is 9.86. The smallest absolute Gasteiger partial charge is 0.152 e. The van der Waals surface area contributed by atoms with Gasteiger partial charge in [0.15, 0.2) is 5.82 Å². The normalized spacial score (nSPS) is 23.5. The number of aliphatic hydroxyl groups excluding tert-OH is 1. The van der Waals surface area contributed by atoms with Crippen LogP contribution in [0.5, 0.6) is 0 Å². The fourth-order valence-electron chi connectivity index (χ4n) is 4.88. The number of hydrogen-bond donors (Lipinski definition) is 2. The van der Waals surface area contributed by atoms with Crippen molar-refractivity contribution in [1.82, 2.24) is 9.97 Å². The molecule has 5 heteroatoms. The number of aromatic nitrogens is 2. The zero-order valence-electron chi connectivity index (χ0n) is 16.2. The third-order valence-corrected chi connectivity index (χ3v) is 6.80. The molecule has 3 N–H and O–H groups in total. The lowest BCUT2D eigenvalue weighted by Gasteiger charge is -2.42. The maximum Gasteiger partial charge on any atom is 0.152 e. The minimum absolute atomic E-state index is 0.0833. The zero-order valence-corrected chi connectivity index (χ0v) is 16.2. The molecule has 0 bridgehead atoms. The zero-order chi connectivity index (χ0) is 19.1. The van der Waals surface area contributed by atoms with Gasteiger partial charge in [0, 0.05) is 19.1 Å². The highest BCUT2D eigenvalue weighted by atomic mass is 16.3. The summed E-state index contributed by atoms with van der Waals surface area (Å²) in [5, 5.41) is 9.86. The molecule has 1 aliphatic heterocycles. The summed E-state index contributed by atoms with van der Waals surface area (Å²) in [6.45, 7) is 1.72. The van der Waals surface area contributed by atoms with Crippen LogP contribution in [-0.4, -0.2) is 28.2 Å². The number of fused-ring (bicyclic) bond motifs is 1. The molecular formula is C23H28N4O. The molecule has 5 rings (SSSR count). The maximum atomic E-state index is 9.86. The summed E-state index contributed by atoms with van der Waals surface area (Å²) >= 11 is 0. The molecule has 3 aliphatic rings. The molecule has 5 nitrogen and oxygen atoms in total. The lowest BCUT2D eigenvalue weighted by Crippen LogP contribution is -2.45. The number of allylic oxidation sites excluding steroid dienone is 1. The summed E-state index contributed by atoms with van der Waals surface area (Å²) in [6, 6.07) is 8.73. The topological polar surface area (TPSA) is 75.3 Å². The summed E-state index contributed by atoms with van der Waals surface area (Å²) in [5.74, 6) is 1.53. The van der Waals surface area contributed by atoms with E-state index in [0.717, 1.165) is 43.9 Å². The summed E-state index contributed by atoms with van der Waals surface area (Å²) in [5.41, 5.74) is 11.1. The molecular weight excluding hydrogens is 348 g/mol. The van der Waals surface area contributed by atoms with Gasteiger partial charge < -0.3 is 15.7 Å². The van der Waals surface area contributed by atoms with Gasteiger partial charge >= 0.3 is 0 Å². The predicted octanol–water partition coefficient (Wildman–Crippen LogP) is 3.23. The number of nitrogens with two attached hydrogens (primary N) is 1. The Kier molecular flexibility index (Phi) is 4.44. The van der Waals surface area contributed by atoms with Crippen LogP contribution in [0.15, 0.2) is 36.5 Å². The molecule has 1 aromatic heterocycles. The first-order chi connectivity index (χ1) is 13.7. The third-order valence-electron chi connectivity index (χ3n) is 6.80. The molecule has 2 aliphatic carbocycles. The Balaban J connectivity index is 1.32. The number of anilines is 1. The van der Waals surface area contributed by atoms with Gasteiger partial charge in [0.25, 0.3) is 0 Å². The van der Waals surface area contributed by atoms with E-state index < -0.39 is 0 Å². The predicted molar refractivity (Wildman–Crippen MR) is 111 cm³/mol. The first kappa shape index (κ1) is 17.8. The monoisotopic (exact) mass is 376 g/mol. The largest absolute Gasteiger partial charge is 0.390 e. The molecule has 1 saturated heterocycles. The SMILES string of the molecule is NC1c2ccccc2CC12CCN(c1ncc(C=CC3CC3)nc1CO)CC2. The Bertz CT molecular complexity index is 897. The molecule has 1 unspecified atom stereocenters. The van der Waals surface area contributed by atoms with Crippen LogP contribution in [-0.2, 0) is 13.0 Å². The quantitative estimate of drug-likeness (QED) is 0.857. The van der Waals surface area contributed by atoms with E-state index in [0.29, 0.717) is 11.6 Å². The molecule has 1 saturated carbocycles. The van der Waals surface area contributed by atoms with Gasteiger partial charge in [0.05, 0.1) is 18.5 Å². The van der Waals surface area contributed by atoms with Gasteiger partial charge in [-0.15, -0.1) is 0 Å². The molecule has 2 fully saturated rings. The van der Waals surface area contributed by atoms with Gasteiger partial charge in [0.2, 0.25) is 0 Å². The summed E-state index contributed by atoms with van der Waals surface area (Å²) < 4.78 is 0. The van der Waals surface area contributed by atoms with Crippen molar-refractivity contribution >= 4 is 11.9 Å². The van der Waals surface area contributed by atoms with Crippen LogP contribution in [0.3, 0.4) is 0 Å². The first-order valence-electron chi connectivity index (χ1n) is 10.4. The van der Waals surface area contributed by atoms with Crippen LogP contribution in [0.1, 0.15) is 54.2 Å². The van der Waals surface area contributed by atoms with Gasteiger partial charge in [-0.3, -0.25) is 0 Å². The van der Waals surface area contributed by atoms with E-state index in [-0.39, 0.29) is 18.1 Å². The molecule has 146 valence electrons. The molecule has 0 amide bonds. The average molecular weight is 377 g/mol. The standard InChI is InChI=1S/C23H28N4O/c24-21-19-4-2-1-3-17(19)13-23(21)9-11-27(12-10-23)22-20(15-28)26-18(14-25-22)8-7-16-5-6-16/h1-4,7-8,14,16,21,28H,5-6,9-13,15,24H2. The van der Waals surface area contributed by atoms with Crippen molar-refractivity contribution in [1.29, 1.82) is 0 Å². The fourth-order valence-corrected chi connectivity index (χ4v) is 4.88. The highest BCUT2D eigenvalue weighted by Gasteiger charge is 2.46. The minimum Gasteiger partial charge on any atom is -0.390 e. The third kappa shape index (κ3) is 3.12. The lowest BCUT2D eigenvalue weighted by molar-refractivity contribution is 0.186. The van der Waals surface area contributed by atoms with Gasteiger partial charge in [-0.1, -0.05) is 30.3 Å². The highest BCUT2D eigenvalue weighted by Crippen LogP contribution is 2.51. The number of nitrogens with zero attached hydrogens (tertiary/aromatic N) is 3. The van der Waals surface area contributed by atoms with E-state index in [2.05, 4.69) is 45.2 Å². The van der Waals surface area contributed by atoms with E-state index in [4.69, 9.17) is 5.73 Å². The van der Waals surface area contributed by atoms with Crippen molar-refractivity contribution in [3.63, 3.8) is 0 Å². The van der Waals surface area contributed by atoms with Crippen molar-refractivity contribution in [3.8, 4) is 0 Å². The molecule has 2 heterocycles. The molecule has 28 heavy (non-hydrogen) atoms. The second-order valence-electron chi connectivity index (χ2n) is 8.62. The van der Waals surface area contributed by atoms with Crippen molar-refractivity contribution in [2.24, 2.45) is 17.1 Å². The fraction of sp³-hybridized carbons (Fsp3) is 0.478. The Morgan fingerprint density at radius 2 is 2.00 bits per heavy atom. The minimum atomic E-state index is -0.0833. The summed E-state index contributed by atoms with van der Waals surface area (Å²) in [6.07, 6.45) is 11.8. The molecule has 0 radical (unpaired) electrons. The van der Waals surface area contributed by atoms with Crippen molar-refractivity contribution in [2.45, 2.75) is 44.8 Å². The summed E-state index contributed by atoms with van der Waals surface area (Å²) in [4.78, 5) is 11.6. The van der Waals surface area contributed by atoms with E-state index in [9.17, 15) is 5.11 Å². The van der Waals surface area contributed by atoms with Crippen molar-refractivity contribution in [3.05, 3.63) is 59.1 Å². The Morgan fingerprint density at radius 3 is 2.71 bits per heavy atom. The number of hydrogen-bond acceptors (Lipinski definition) is 5. The molecule has 1 aromatic carbocycles. The molecule has 2 aromatic rings. The number of piperidine rings is 1. The van der Waals surface area contributed by atoms with Gasteiger partial charge in [-0.05, 0) is 60.6 Å². The molecule has 1 spiro atoms. The first-order valence-corrected chi connectivity index (χ1v) is 10.4. The van der Waals surface area contributed by atoms with E-state index in [1.165, 1.54) is 24.0 Å². The van der Waals surface area contributed by atoms with Crippen molar-refractivity contribution < 1.29 is 5.11 Å². The van der Waals surface area contributed by atoms with E-state index in [1.54, 1.807) is 0 Å². The molecule has 1 atom stereocenters. The Labute approximate surface area is 166 Å². The second-order valence-corrected chi connectivity index (χ2v) is 8.62. The van der Waals surface area contributed by atoms with E-state index >= 15 is 0 Å². The van der Waals surface area contributed by atoms with Crippen LogP contribution in [0.4, 0.5) is 5.82 Å². The highest BCUT2D eigenvalue weighted by molar-refractivity contribution is 5.51. The second kappa shape index (κ2) is 6.98. The van der Waals surface area contributed by atoms with Gasteiger partial charge in [0.1, 0.15) is 5.69 Å². The Morgan fingerprint density at radius 1 is 1.21 bits per heavy atom. The van der Waals surface area contributed by atoms with Crippen LogP contribution in [0, 0.1) is 11.3 Å². The number of rotatable bonds is 4. The van der Waals surface area contributed by atoms with Crippen LogP contribution >= 0.6 is 0 Å². The lowest BCUT2D eigenvalue weighted by atomic mass is 9.73. The van der Waals surface area contributed by atoms with Crippen molar-refractivity contribution in [2.75, 3.05) is 18.0 Å². The average Bonchev–Trinajstić information content (AvgIpc) is 3.53. The van der Waals surface area contributed by atoms with Crippen LogP contribution < -0.4 is 10.6 Å². The van der Waals surface area contributed by atoms with E-state index in [1.807, 2.05) is 12.3 Å². The van der Waals surface area contributed by atoms with Crippen LogP contribution in [0.2, 0.25) is 0 Å².